The Bertz CT molecular complexity index is 503. The van der Waals surface area contributed by atoms with Gasteiger partial charge in [0.15, 0.2) is 17.0 Å². The van der Waals surface area contributed by atoms with Crippen molar-refractivity contribution in [2.75, 3.05) is 31.2 Å². The van der Waals surface area contributed by atoms with E-state index in [1.54, 1.807) is 12.7 Å². The van der Waals surface area contributed by atoms with Crippen LogP contribution in [0, 0.1) is 0 Å². The molecule has 0 saturated carbocycles. The lowest BCUT2D eigenvalue weighted by molar-refractivity contribution is 0.122. The van der Waals surface area contributed by atoms with Crippen molar-refractivity contribution in [3.63, 3.8) is 0 Å². The van der Waals surface area contributed by atoms with Crippen molar-refractivity contribution >= 4 is 17.0 Å². The molecule has 0 aromatic carbocycles. The maximum atomic E-state index is 5.33. The second kappa shape index (κ2) is 3.71. The van der Waals surface area contributed by atoms with E-state index >= 15 is 0 Å². The SMILES string of the molecule is Cn1cnc2c(N3CCOCC3)ncnc21. The lowest BCUT2D eigenvalue weighted by Gasteiger charge is -2.27. The molecule has 0 radical (unpaired) electrons. The molecule has 1 aliphatic heterocycles. The van der Waals surface area contributed by atoms with Gasteiger partial charge in [-0.2, -0.15) is 0 Å². The lowest BCUT2D eigenvalue weighted by atomic mass is 10.4. The monoisotopic (exact) mass is 219 g/mol. The van der Waals surface area contributed by atoms with Gasteiger partial charge in [-0.05, 0) is 0 Å². The summed E-state index contributed by atoms with van der Waals surface area (Å²) >= 11 is 0. The van der Waals surface area contributed by atoms with Crippen LogP contribution in [0.2, 0.25) is 0 Å². The van der Waals surface area contributed by atoms with Crippen molar-refractivity contribution < 1.29 is 4.74 Å². The van der Waals surface area contributed by atoms with Crippen LogP contribution in [0.5, 0.6) is 0 Å². The highest BCUT2D eigenvalue weighted by molar-refractivity contribution is 5.83. The third-order valence-electron chi connectivity index (χ3n) is 2.79. The van der Waals surface area contributed by atoms with Gasteiger partial charge in [0, 0.05) is 20.1 Å². The highest BCUT2D eigenvalue weighted by Crippen LogP contribution is 2.21. The number of hydrogen-bond acceptors (Lipinski definition) is 5. The number of anilines is 1. The van der Waals surface area contributed by atoms with Crippen LogP contribution in [0.4, 0.5) is 5.82 Å². The number of morpholine rings is 1. The molecule has 1 aliphatic rings. The Morgan fingerprint density at radius 3 is 2.81 bits per heavy atom. The van der Waals surface area contributed by atoms with Gasteiger partial charge in [-0.25, -0.2) is 15.0 Å². The quantitative estimate of drug-likeness (QED) is 0.685. The first-order chi connectivity index (χ1) is 7.86. The van der Waals surface area contributed by atoms with E-state index in [-0.39, 0.29) is 0 Å². The fraction of sp³-hybridized carbons (Fsp3) is 0.500. The zero-order chi connectivity index (χ0) is 11.0. The zero-order valence-electron chi connectivity index (χ0n) is 9.13. The number of fused-ring (bicyclic) bond motifs is 1. The average Bonchev–Trinajstić information content (AvgIpc) is 2.73. The molecule has 6 nitrogen and oxygen atoms in total. The van der Waals surface area contributed by atoms with Crippen LogP contribution >= 0.6 is 0 Å². The fourth-order valence-electron chi connectivity index (χ4n) is 1.94. The summed E-state index contributed by atoms with van der Waals surface area (Å²) in [6, 6.07) is 0. The molecule has 6 heteroatoms. The molecule has 0 bridgehead atoms. The molecule has 1 saturated heterocycles. The molecule has 0 N–H and O–H groups in total. The van der Waals surface area contributed by atoms with Gasteiger partial charge in [0.25, 0.3) is 0 Å². The van der Waals surface area contributed by atoms with E-state index < -0.39 is 0 Å². The molecular weight excluding hydrogens is 206 g/mol. The standard InChI is InChI=1S/C10H13N5O/c1-14-7-13-8-9(14)11-6-12-10(8)15-2-4-16-5-3-15/h6-7H,2-5H2,1H3. The fourth-order valence-corrected chi connectivity index (χ4v) is 1.94. The van der Waals surface area contributed by atoms with Crippen molar-refractivity contribution in [3.8, 4) is 0 Å². The number of ether oxygens (including phenoxy) is 1. The highest BCUT2D eigenvalue weighted by atomic mass is 16.5. The van der Waals surface area contributed by atoms with Crippen LogP contribution < -0.4 is 4.90 Å². The molecule has 84 valence electrons. The maximum Gasteiger partial charge on any atom is 0.165 e. The number of nitrogens with zero attached hydrogens (tertiary/aromatic N) is 5. The van der Waals surface area contributed by atoms with E-state index in [0.717, 1.165) is 43.3 Å². The molecule has 16 heavy (non-hydrogen) atoms. The molecular formula is C10H13N5O. The molecule has 2 aromatic heterocycles. The van der Waals surface area contributed by atoms with E-state index in [9.17, 15) is 0 Å². The molecule has 0 aliphatic carbocycles. The first-order valence-electron chi connectivity index (χ1n) is 5.31. The molecule has 0 atom stereocenters. The van der Waals surface area contributed by atoms with Crippen LogP contribution in [0.3, 0.4) is 0 Å². The molecule has 0 amide bonds. The summed E-state index contributed by atoms with van der Waals surface area (Å²) < 4.78 is 7.23. The van der Waals surface area contributed by atoms with Gasteiger partial charge in [0.1, 0.15) is 6.33 Å². The Hall–Kier alpha value is -1.69. The van der Waals surface area contributed by atoms with E-state index in [2.05, 4.69) is 19.9 Å². The minimum atomic E-state index is 0.748. The Kier molecular flexibility index (Phi) is 2.21. The summed E-state index contributed by atoms with van der Waals surface area (Å²) in [6.07, 6.45) is 3.36. The van der Waals surface area contributed by atoms with Gasteiger partial charge >= 0.3 is 0 Å². The summed E-state index contributed by atoms with van der Waals surface area (Å²) in [4.78, 5) is 15.1. The number of hydrogen-bond donors (Lipinski definition) is 0. The largest absolute Gasteiger partial charge is 0.378 e. The van der Waals surface area contributed by atoms with Crippen molar-refractivity contribution in [3.05, 3.63) is 12.7 Å². The predicted octanol–water partition coefficient (Wildman–Crippen LogP) is 0.200. The highest BCUT2D eigenvalue weighted by Gasteiger charge is 2.17. The minimum Gasteiger partial charge on any atom is -0.378 e. The van der Waals surface area contributed by atoms with Crippen molar-refractivity contribution in [2.45, 2.75) is 0 Å². The normalized spacial score (nSPS) is 16.9. The van der Waals surface area contributed by atoms with Gasteiger partial charge in [-0.15, -0.1) is 0 Å². The van der Waals surface area contributed by atoms with Crippen LogP contribution in [-0.4, -0.2) is 45.8 Å². The Morgan fingerprint density at radius 1 is 1.19 bits per heavy atom. The Labute approximate surface area is 92.9 Å². The van der Waals surface area contributed by atoms with Gasteiger partial charge in [-0.3, -0.25) is 0 Å². The lowest BCUT2D eigenvalue weighted by Crippen LogP contribution is -2.36. The topological polar surface area (TPSA) is 56.1 Å². The van der Waals surface area contributed by atoms with Crippen LogP contribution in [0.15, 0.2) is 12.7 Å². The maximum absolute atomic E-state index is 5.33. The van der Waals surface area contributed by atoms with E-state index in [1.165, 1.54) is 0 Å². The van der Waals surface area contributed by atoms with Gasteiger partial charge in [0.2, 0.25) is 0 Å². The van der Waals surface area contributed by atoms with E-state index in [4.69, 9.17) is 4.74 Å². The first kappa shape index (κ1) is 9.53. The van der Waals surface area contributed by atoms with Crippen molar-refractivity contribution in [1.82, 2.24) is 19.5 Å². The van der Waals surface area contributed by atoms with Crippen molar-refractivity contribution in [2.24, 2.45) is 7.05 Å². The third-order valence-corrected chi connectivity index (χ3v) is 2.79. The van der Waals surface area contributed by atoms with Crippen LogP contribution in [-0.2, 0) is 11.8 Å². The Balaban J connectivity index is 2.08. The summed E-state index contributed by atoms with van der Waals surface area (Å²) in [6.45, 7) is 3.22. The number of imidazole rings is 1. The smallest absolute Gasteiger partial charge is 0.165 e. The second-order valence-electron chi connectivity index (χ2n) is 3.82. The summed E-state index contributed by atoms with van der Waals surface area (Å²) in [5.74, 6) is 0.911. The van der Waals surface area contributed by atoms with Gasteiger partial charge in [-0.1, -0.05) is 0 Å². The molecule has 1 fully saturated rings. The number of aryl methyl sites for hydroxylation is 1. The number of aromatic nitrogens is 4. The second-order valence-corrected chi connectivity index (χ2v) is 3.82. The molecule has 3 heterocycles. The molecule has 0 spiro atoms. The van der Waals surface area contributed by atoms with Crippen LogP contribution in [0.25, 0.3) is 11.2 Å². The molecule has 0 unspecified atom stereocenters. The van der Waals surface area contributed by atoms with Gasteiger partial charge in [0.05, 0.1) is 19.5 Å². The van der Waals surface area contributed by atoms with Gasteiger partial charge < -0.3 is 14.2 Å². The van der Waals surface area contributed by atoms with Crippen molar-refractivity contribution in [1.29, 1.82) is 0 Å². The zero-order valence-corrected chi connectivity index (χ0v) is 9.13. The van der Waals surface area contributed by atoms with E-state index in [0.29, 0.717) is 0 Å². The van der Waals surface area contributed by atoms with Crippen LogP contribution in [0.1, 0.15) is 0 Å². The first-order valence-corrected chi connectivity index (χ1v) is 5.31. The summed E-state index contributed by atoms with van der Waals surface area (Å²) in [5, 5.41) is 0. The molecule has 2 aromatic rings. The summed E-state index contributed by atoms with van der Waals surface area (Å²) in [5.41, 5.74) is 1.74. The third kappa shape index (κ3) is 1.42. The van der Waals surface area contributed by atoms with E-state index in [1.807, 2.05) is 11.6 Å². The minimum absolute atomic E-state index is 0.748. The Morgan fingerprint density at radius 2 is 2.00 bits per heavy atom. The predicted molar refractivity (Wildman–Crippen MR) is 59.3 cm³/mol. The summed E-state index contributed by atoms with van der Waals surface area (Å²) in [7, 11) is 1.94. The average molecular weight is 219 g/mol. The number of rotatable bonds is 1. The molecule has 3 rings (SSSR count).